The highest BCUT2D eigenvalue weighted by molar-refractivity contribution is 5.81. The van der Waals surface area contributed by atoms with Gasteiger partial charge >= 0.3 is 0 Å². The maximum absolute atomic E-state index is 5.68. The van der Waals surface area contributed by atoms with Gasteiger partial charge in [0.05, 0.1) is 22.8 Å². The van der Waals surface area contributed by atoms with E-state index in [4.69, 9.17) is 10.7 Å². The Kier molecular flexibility index (Phi) is 2.83. The predicted molar refractivity (Wildman–Crippen MR) is 75.5 cm³/mol. The molecule has 0 saturated heterocycles. The number of nitrogens with two attached hydrogens (primary N) is 1. The molecule has 2 N–H and O–H groups in total. The molecule has 0 amide bonds. The van der Waals surface area contributed by atoms with Crippen molar-refractivity contribution in [3.05, 3.63) is 36.2 Å². The van der Waals surface area contributed by atoms with Crippen LogP contribution in [-0.4, -0.2) is 19.3 Å². The molecule has 2 aromatic heterocycles. The topological polar surface area (TPSA) is 61.7 Å². The van der Waals surface area contributed by atoms with Gasteiger partial charge < -0.3 is 10.3 Å². The summed E-state index contributed by atoms with van der Waals surface area (Å²) in [5, 5.41) is 4.22. The second kappa shape index (κ2) is 4.51. The van der Waals surface area contributed by atoms with Gasteiger partial charge in [0.25, 0.3) is 0 Å². The van der Waals surface area contributed by atoms with Crippen LogP contribution in [0.1, 0.15) is 12.5 Å². The van der Waals surface area contributed by atoms with Gasteiger partial charge in [0.15, 0.2) is 0 Å². The van der Waals surface area contributed by atoms with Crippen molar-refractivity contribution >= 4 is 11.0 Å². The van der Waals surface area contributed by atoms with E-state index >= 15 is 0 Å². The Morgan fingerprint density at radius 1 is 1.32 bits per heavy atom. The molecule has 5 nitrogen and oxygen atoms in total. The van der Waals surface area contributed by atoms with Crippen LogP contribution in [0.2, 0.25) is 0 Å². The number of hydrogen-bond acceptors (Lipinski definition) is 3. The number of aryl methyl sites for hydroxylation is 2. The van der Waals surface area contributed by atoms with Gasteiger partial charge in [0, 0.05) is 26.3 Å². The van der Waals surface area contributed by atoms with Crippen LogP contribution in [0.25, 0.3) is 22.4 Å². The number of benzene rings is 1. The molecule has 3 rings (SSSR count). The number of hydrogen-bond donors (Lipinski definition) is 1. The molecule has 0 aliphatic heterocycles. The normalized spacial score (nSPS) is 11.3. The van der Waals surface area contributed by atoms with Gasteiger partial charge in [-0.2, -0.15) is 5.10 Å². The van der Waals surface area contributed by atoms with Crippen LogP contribution in [0.15, 0.2) is 30.6 Å². The Morgan fingerprint density at radius 2 is 2.16 bits per heavy atom. The SMILES string of the molecule is CCn1c(-c2cnn(C)c2)nc2cc(CN)ccc21. The lowest BCUT2D eigenvalue weighted by Gasteiger charge is -2.04. The van der Waals surface area contributed by atoms with E-state index in [-0.39, 0.29) is 0 Å². The summed E-state index contributed by atoms with van der Waals surface area (Å²) in [7, 11) is 1.91. The Bertz CT molecular complexity index is 723. The predicted octanol–water partition coefficient (Wildman–Crippen LogP) is 1.92. The second-order valence-corrected chi connectivity index (χ2v) is 4.61. The average Bonchev–Trinajstić information content (AvgIpc) is 3.00. The lowest BCUT2D eigenvalue weighted by Crippen LogP contribution is -1.98. The van der Waals surface area contributed by atoms with Crippen molar-refractivity contribution in [3.63, 3.8) is 0 Å². The van der Waals surface area contributed by atoms with Crippen molar-refractivity contribution in [2.24, 2.45) is 12.8 Å². The first-order valence-electron chi connectivity index (χ1n) is 6.41. The summed E-state index contributed by atoms with van der Waals surface area (Å²) in [6.07, 6.45) is 3.83. The van der Waals surface area contributed by atoms with Gasteiger partial charge in [0.1, 0.15) is 5.82 Å². The molecular weight excluding hydrogens is 238 g/mol. The van der Waals surface area contributed by atoms with E-state index in [0.717, 1.165) is 34.5 Å². The molecule has 0 bridgehead atoms. The largest absolute Gasteiger partial charge is 0.326 e. The lowest BCUT2D eigenvalue weighted by molar-refractivity contribution is 0.767. The minimum atomic E-state index is 0.539. The Labute approximate surface area is 111 Å². The summed E-state index contributed by atoms with van der Waals surface area (Å²) >= 11 is 0. The molecule has 0 unspecified atom stereocenters. The Balaban J connectivity index is 2.24. The number of rotatable bonds is 3. The third-order valence-electron chi connectivity index (χ3n) is 3.33. The fourth-order valence-corrected chi connectivity index (χ4v) is 2.38. The van der Waals surface area contributed by atoms with E-state index < -0.39 is 0 Å². The molecule has 0 spiro atoms. The van der Waals surface area contributed by atoms with Crippen LogP contribution in [0.3, 0.4) is 0 Å². The highest BCUT2D eigenvalue weighted by Gasteiger charge is 2.12. The summed E-state index contributed by atoms with van der Waals surface area (Å²) in [4.78, 5) is 4.73. The van der Waals surface area contributed by atoms with Crippen molar-refractivity contribution in [2.75, 3.05) is 0 Å². The lowest BCUT2D eigenvalue weighted by atomic mass is 10.2. The first-order chi connectivity index (χ1) is 9.22. The quantitative estimate of drug-likeness (QED) is 0.777. The van der Waals surface area contributed by atoms with E-state index in [0.29, 0.717) is 6.54 Å². The highest BCUT2D eigenvalue weighted by Crippen LogP contribution is 2.25. The summed E-state index contributed by atoms with van der Waals surface area (Å²) in [6.45, 7) is 3.54. The molecule has 0 atom stereocenters. The zero-order valence-corrected chi connectivity index (χ0v) is 11.2. The van der Waals surface area contributed by atoms with Crippen molar-refractivity contribution in [1.82, 2.24) is 19.3 Å². The van der Waals surface area contributed by atoms with Gasteiger partial charge in [-0.3, -0.25) is 4.68 Å². The van der Waals surface area contributed by atoms with Gasteiger partial charge in [-0.1, -0.05) is 6.07 Å². The molecule has 2 heterocycles. The Hall–Kier alpha value is -2.14. The fraction of sp³-hybridized carbons (Fsp3) is 0.286. The molecule has 5 heteroatoms. The van der Waals surface area contributed by atoms with E-state index in [1.54, 1.807) is 4.68 Å². The Morgan fingerprint density at radius 3 is 2.79 bits per heavy atom. The standard InChI is InChI=1S/C14H17N5/c1-3-19-13-5-4-10(7-15)6-12(13)17-14(19)11-8-16-18(2)9-11/h4-6,8-9H,3,7,15H2,1-2H3. The van der Waals surface area contributed by atoms with Crippen LogP contribution in [0.5, 0.6) is 0 Å². The van der Waals surface area contributed by atoms with Gasteiger partial charge in [0.2, 0.25) is 0 Å². The molecule has 0 aliphatic carbocycles. The second-order valence-electron chi connectivity index (χ2n) is 4.61. The highest BCUT2D eigenvalue weighted by atomic mass is 15.2. The molecule has 19 heavy (non-hydrogen) atoms. The maximum Gasteiger partial charge on any atom is 0.144 e. The molecule has 98 valence electrons. The van der Waals surface area contributed by atoms with Gasteiger partial charge in [-0.25, -0.2) is 4.98 Å². The van der Waals surface area contributed by atoms with E-state index in [2.05, 4.69) is 34.8 Å². The van der Waals surface area contributed by atoms with Crippen molar-refractivity contribution in [1.29, 1.82) is 0 Å². The summed E-state index contributed by atoms with van der Waals surface area (Å²) in [5.41, 5.74) is 9.95. The van der Waals surface area contributed by atoms with Crippen molar-refractivity contribution < 1.29 is 0 Å². The zero-order valence-electron chi connectivity index (χ0n) is 11.2. The number of nitrogens with zero attached hydrogens (tertiary/aromatic N) is 4. The van der Waals surface area contributed by atoms with Crippen molar-refractivity contribution in [3.8, 4) is 11.4 Å². The summed E-state index contributed by atoms with van der Waals surface area (Å²) in [6, 6.07) is 6.21. The van der Waals surface area contributed by atoms with Gasteiger partial charge in [-0.05, 0) is 24.6 Å². The van der Waals surface area contributed by atoms with Crippen LogP contribution in [0, 0.1) is 0 Å². The first-order valence-corrected chi connectivity index (χ1v) is 6.41. The zero-order chi connectivity index (χ0) is 13.4. The number of aromatic nitrogens is 4. The van der Waals surface area contributed by atoms with Gasteiger partial charge in [-0.15, -0.1) is 0 Å². The molecule has 1 aromatic carbocycles. The molecule has 0 aliphatic rings. The van der Waals surface area contributed by atoms with Crippen LogP contribution in [-0.2, 0) is 20.1 Å². The van der Waals surface area contributed by atoms with Crippen molar-refractivity contribution in [2.45, 2.75) is 20.0 Å². The molecule has 3 aromatic rings. The monoisotopic (exact) mass is 255 g/mol. The van der Waals surface area contributed by atoms with E-state index in [1.807, 2.05) is 19.4 Å². The van der Waals surface area contributed by atoms with Crippen LogP contribution >= 0.6 is 0 Å². The number of imidazole rings is 1. The molecule has 0 saturated carbocycles. The summed E-state index contributed by atoms with van der Waals surface area (Å²) in [5.74, 6) is 0.958. The third-order valence-corrected chi connectivity index (χ3v) is 3.33. The smallest absolute Gasteiger partial charge is 0.144 e. The van der Waals surface area contributed by atoms with E-state index in [1.165, 1.54) is 0 Å². The maximum atomic E-state index is 5.68. The third kappa shape index (κ3) is 1.92. The number of fused-ring (bicyclic) bond motifs is 1. The van der Waals surface area contributed by atoms with E-state index in [9.17, 15) is 0 Å². The van der Waals surface area contributed by atoms with Crippen LogP contribution in [0.4, 0.5) is 0 Å². The minimum Gasteiger partial charge on any atom is -0.326 e. The molecular formula is C14H17N5. The minimum absolute atomic E-state index is 0.539. The molecule has 0 fully saturated rings. The van der Waals surface area contributed by atoms with Crippen LogP contribution < -0.4 is 5.73 Å². The summed E-state index contributed by atoms with van der Waals surface area (Å²) < 4.78 is 3.99. The molecule has 0 radical (unpaired) electrons. The fourth-order valence-electron chi connectivity index (χ4n) is 2.38. The average molecular weight is 255 g/mol. The first kappa shape index (κ1) is 11.9.